The molecule has 5 nitrogen and oxygen atoms in total. The molecule has 1 rings (SSSR count). The lowest BCUT2D eigenvalue weighted by atomic mass is 10.1. The van der Waals surface area contributed by atoms with Gasteiger partial charge < -0.3 is 0 Å². The molecule has 0 N–H and O–H groups in total. The first-order valence-corrected chi connectivity index (χ1v) is 14.9. The Morgan fingerprint density at radius 3 is 2.07 bits per heavy atom. The molecule has 0 aliphatic rings. The van der Waals surface area contributed by atoms with Crippen LogP contribution in [0.2, 0.25) is 18.1 Å². The fourth-order valence-corrected chi connectivity index (χ4v) is 6.78. The van der Waals surface area contributed by atoms with Crippen LogP contribution < -0.4 is 5.45 Å². The number of rotatable bonds is 11. The summed E-state index contributed by atoms with van der Waals surface area (Å²) in [6, 6.07) is 0. The highest BCUT2D eigenvalue weighted by molar-refractivity contribution is 7.87. The first-order chi connectivity index (χ1) is 12.4. The summed E-state index contributed by atoms with van der Waals surface area (Å²) in [4.78, 5) is 4.65. The van der Waals surface area contributed by atoms with E-state index in [0.29, 0.717) is 0 Å². The standard InChI is InChI=1S/C19H38ClN3O2SSi/c1-19(2,3)27(6,7)18-21-16-17(23(18)26(24,25)22(4)5)14-12-10-8-9-11-13-15-20/h16H,8-15H2,1-7H3. The van der Waals surface area contributed by atoms with E-state index in [4.69, 9.17) is 11.6 Å². The molecule has 0 fully saturated rings. The largest absolute Gasteiger partial charge is 0.308 e. The molecule has 0 amide bonds. The SMILES string of the molecule is CN(C)S(=O)(=O)n1c(CCCCCCCCCl)cnc1[Si](C)(C)C(C)(C)C. The summed E-state index contributed by atoms with van der Waals surface area (Å²) in [5.74, 6) is 0.734. The predicted molar refractivity (Wildman–Crippen MR) is 119 cm³/mol. The Bertz CT molecular complexity index is 694. The van der Waals surface area contributed by atoms with Crippen molar-refractivity contribution in [3.05, 3.63) is 11.9 Å². The van der Waals surface area contributed by atoms with E-state index in [1.54, 1.807) is 20.3 Å². The van der Waals surface area contributed by atoms with Gasteiger partial charge in [-0.05, 0) is 24.3 Å². The molecule has 1 aromatic heterocycles. The molecular weight excluding hydrogens is 398 g/mol. The number of hydrogen-bond acceptors (Lipinski definition) is 3. The van der Waals surface area contributed by atoms with E-state index in [-0.39, 0.29) is 5.04 Å². The average molecular weight is 436 g/mol. The van der Waals surface area contributed by atoms with Gasteiger partial charge in [0.05, 0.1) is 5.69 Å². The Labute approximate surface area is 172 Å². The van der Waals surface area contributed by atoms with Gasteiger partial charge in [0.25, 0.3) is 0 Å². The molecule has 0 radical (unpaired) electrons. The van der Waals surface area contributed by atoms with Crippen LogP contribution in [0.3, 0.4) is 0 Å². The second kappa shape index (κ2) is 9.90. The predicted octanol–water partition coefficient (Wildman–Crippen LogP) is 4.38. The lowest BCUT2D eigenvalue weighted by Crippen LogP contribution is -2.56. The van der Waals surface area contributed by atoms with E-state index in [2.05, 4.69) is 38.8 Å². The fraction of sp³-hybridized carbons (Fsp3) is 0.842. The molecule has 0 saturated carbocycles. The highest BCUT2D eigenvalue weighted by atomic mass is 35.5. The van der Waals surface area contributed by atoms with Crippen LogP contribution in [0.25, 0.3) is 0 Å². The van der Waals surface area contributed by atoms with E-state index in [1.165, 1.54) is 27.5 Å². The molecule has 0 bridgehead atoms. The van der Waals surface area contributed by atoms with Crippen LogP contribution in [0.5, 0.6) is 0 Å². The molecule has 1 aromatic rings. The molecule has 1 heterocycles. The third-order valence-corrected chi connectivity index (χ3v) is 13.2. The van der Waals surface area contributed by atoms with Gasteiger partial charge in [-0.3, -0.25) is 0 Å². The molecule has 0 aliphatic heterocycles. The molecule has 0 aromatic carbocycles. The van der Waals surface area contributed by atoms with Gasteiger partial charge in [0, 0.05) is 26.2 Å². The summed E-state index contributed by atoms with van der Waals surface area (Å²) in [5, 5.41) is 0.0115. The van der Waals surface area contributed by atoms with Crippen LogP contribution in [0.1, 0.15) is 65.0 Å². The van der Waals surface area contributed by atoms with Gasteiger partial charge in [0.1, 0.15) is 13.5 Å². The molecule has 8 heteroatoms. The smallest absolute Gasteiger partial charge is 0.246 e. The van der Waals surface area contributed by atoms with Crippen LogP contribution in [0, 0.1) is 0 Å². The summed E-state index contributed by atoms with van der Waals surface area (Å²) in [7, 11) is -2.50. The summed E-state index contributed by atoms with van der Waals surface area (Å²) < 4.78 is 29.0. The van der Waals surface area contributed by atoms with Crippen molar-refractivity contribution in [3.8, 4) is 0 Å². The lowest BCUT2D eigenvalue weighted by molar-refractivity contribution is 0.508. The Kier molecular flexibility index (Phi) is 9.04. The summed E-state index contributed by atoms with van der Waals surface area (Å²) in [6.45, 7) is 11.0. The molecule has 158 valence electrons. The molecule has 0 aliphatic carbocycles. The van der Waals surface area contributed by atoms with Crippen molar-refractivity contribution in [1.29, 1.82) is 0 Å². The molecular formula is C19H38ClN3O2SSi. The third-order valence-electron chi connectivity index (χ3n) is 5.73. The number of aryl methyl sites for hydroxylation is 1. The molecule has 0 spiro atoms. The molecule has 0 saturated heterocycles. The number of aromatic nitrogens is 2. The van der Waals surface area contributed by atoms with Gasteiger partial charge in [-0.1, -0.05) is 59.5 Å². The zero-order valence-corrected chi connectivity index (χ0v) is 20.8. The second-order valence-electron chi connectivity index (χ2n) is 9.06. The average Bonchev–Trinajstić information content (AvgIpc) is 2.98. The maximum absolute atomic E-state index is 13.1. The number of unbranched alkanes of at least 4 members (excludes halogenated alkanes) is 5. The normalized spacial score (nSPS) is 13.5. The van der Waals surface area contributed by atoms with Crippen molar-refractivity contribution >= 4 is 35.3 Å². The number of alkyl halides is 1. The molecule has 0 atom stereocenters. The maximum atomic E-state index is 13.1. The molecule has 27 heavy (non-hydrogen) atoms. The summed E-state index contributed by atoms with van der Waals surface area (Å²) >= 11 is 5.71. The Morgan fingerprint density at radius 1 is 1.07 bits per heavy atom. The van der Waals surface area contributed by atoms with Crippen molar-refractivity contribution in [1.82, 2.24) is 13.3 Å². The van der Waals surface area contributed by atoms with Crippen LogP contribution in [-0.2, 0) is 16.6 Å². The van der Waals surface area contributed by atoms with E-state index >= 15 is 0 Å². The Hall–Kier alpha value is -0.373. The third kappa shape index (κ3) is 6.05. The number of imidazole rings is 1. The Balaban J connectivity index is 3.06. The van der Waals surface area contributed by atoms with E-state index in [1.807, 2.05) is 0 Å². The number of halogens is 1. The minimum Gasteiger partial charge on any atom is -0.246 e. The Morgan fingerprint density at radius 2 is 1.59 bits per heavy atom. The van der Waals surface area contributed by atoms with Gasteiger partial charge in [0.15, 0.2) is 0 Å². The summed E-state index contributed by atoms with van der Waals surface area (Å²) in [6.07, 6.45) is 9.21. The van der Waals surface area contributed by atoms with Crippen molar-refractivity contribution < 1.29 is 8.42 Å². The van der Waals surface area contributed by atoms with Crippen LogP contribution >= 0.6 is 11.6 Å². The topological polar surface area (TPSA) is 55.2 Å². The van der Waals surface area contributed by atoms with Gasteiger partial charge in [-0.2, -0.15) is 12.7 Å². The highest BCUT2D eigenvalue weighted by Gasteiger charge is 2.43. The second-order valence-corrected chi connectivity index (χ2v) is 16.6. The lowest BCUT2D eigenvalue weighted by Gasteiger charge is -2.36. The molecule has 0 unspecified atom stereocenters. The van der Waals surface area contributed by atoms with Gasteiger partial charge >= 0.3 is 10.2 Å². The highest BCUT2D eigenvalue weighted by Crippen LogP contribution is 2.35. The van der Waals surface area contributed by atoms with Gasteiger partial charge in [-0.15, -0.1) is 11.6 Å². The monoisotopic (exact) mass is 435 g/mol. The van der Waals surface area contributed by atoms with Gasteiger partial charge in [-0.25, -0.2) is 8.96 Å². The maximum Gasteiger partial charge on any atom is 0.308 e. The zero-order chi connectivity index (χ0) is 20.9. The van der Waals surface area contributed by atoms with E-state index < -0.39 is 18.3 Å². The van der Waals surface area contributed by atoms with Gasteiger partial charge in [0.2, 0.25) is 0 Å². The summed E-state index contributed by atoms with van der Waals surface area (Å²) in [5.41, 5.74) is 1.56. The van der Waals surface area contributed by atoms with Crippen molar-refractivity contribution in [3.63, 3.8) is 0 Å². The minimum absolute atomic E-state index is 0.0115. The van der Waals surface area contributed by atoms with Crippen LogP contribution in [-0.4, -0.2) is 49.7 Å². The van der Waals surface area contributed by atoms with E-state index in [9.17, 15) is 8.42 Å². The minimum atomic E-state index is -3.59. The van der Waals surface area contributed by atoms with Crippen molar-refractivity contribution in [2.75, 3.05) is 20.0 Å². The first kappa shape index (κ1) is 24.7. The van der Waals surface area contributed by atoms with E-state index in [0.717, 1.165) is 42.7 Å². The van der Waals surface area contributed by atoms with Crippen molar-refractivity contribution in [2.45, 2.75) is 83.8 Å². The van der Waals surface area contributed by atoms with Crippen LogP contribution in [0.4, 0.5) is 0 Å². The number of nitrogens with zero attached hydrogens (tertiary/aromatic N) is 3. The van der Waals surface area contributed by atoms with Crippen LogP contribution in [0.15, 0.2) is 6.20 Å². The number of hydrogen-bond donors (Lipinski definition) is 0. The quantitative estimate of drug-likeness (QED) is 0.294. The first-order valence-electron chi connectivity index (χ1n) is 9.93. The zero-order valence-electron chi connectivity index (χ0n) is 18.2. The fourth-order valence-electron chi connectivity index (χ4n) is 2.82. The van der Waals surface area contributed by atoms with Crippen molar-refractivity contribution in [2.24, 2.45) is 0 Å².